The number of likely N-dealkylation sites (N-methyl/N-ethyl adjacent to an activating group) is 1. The molecule has 0 bridgehead atoms. The van der Waals surface area contributed by atoms with Crippen LogP contribution in [0.4, 0.5) is 5.69 Å². The second-order valence-electron chi connectivity index (χ2n) is 4.35. The van der Waals surface area contributed by atoms with Crippen LogP contribution in [0.15, 0.2) is 15.5 Å². The highest BCUT2D eigenvalue weighted by molar-refractivity contribution is 9.10. The molecule has 1 aromatic rings. The Labute approximate surface area is 123 Å². The molecule has 1 rings (SSSR count). The molecular weight excluding hydrogens is 308 g/mol. The van der Waals surface area contributed by atoms with Crippen LogP contribution in [0.2, 0.25) is 0 Å². The van der Waals surface area contributed by atoms with Gasteiger partial charge in [-0.1, -0.05) is 13.8 Å². The van der Waals surface area contributed by atoms with Gasteiger partial charge in [-0.2, -0.15) is 5.10 Å². The SMILES string of the molecule is CCCN(CC)CCNc1cnn(CC)c(=O)c1Br. The Balaban J connectivity index is 2.59. The Morgan fingerprint density at radius 1 is 1.37 bits per heavy atom. The third kappa shape index (κ3) is 4.62. The minimum atomic E-state index is -0.0894. The summed E-state index contributed by atoms with van der Waals surface area (Å²) in [7, 11) is 0. The van der Waals surface area contributed by atoms with Crippen molar-refractivity contribution in [3.8, 4) is 0 Å². The van der Waals surface area contributed by atoms with Crippen molar-refractivity contribution in [3.63, 3.8) is 0 Å². The fraction of sp³-hybridized carbons (Fsp3) is 0.692. The molecule has 0 saturated carbocycles. The molecule has 5 nitrogen and oxygen atoms in total. The van der Waals surface area contributed by atoms with E-state index in [0.717, 1.165) is 38.3 Å². The summed E-state index contributed by atoms with van der Waals surface area (Å²) in [6.07, 6.45) is 2.86. The topological polar surface area (TPSA) is 50.2 Å². The first kappa shape index (κ1) is 16.2. The number of nitrogens with zero attached hydrogens (tertiary/aromatic N) is 3. The van der Waals surface area contributed by atoms with E-state index < -0.39 is 0 Å². The number of nitrogens with one attached hydrogen (secondary N) is 1. The highest BCUT2D eigenvalue weighted by Gasteiger charge is 2.08. The quantitative estimate of drug-likeness (QED) is 0.793. The maximum absolute atomic E-state index is 11.9. The molecule has 0 radical (unpaired) electrons. The monoisotopic (exact) mass is 330 g/mol. The van der Waals surface area contributed by atoms with Gasteiger partial charge in [0.05, 0.1) is 11.9 Å². The van der Waals surface area contributed by atoms with E-state index in [9.17, 15) is 4.79 Å². The van der Waals surface area contributed by atoms with Gasteiger partial charge in [-0.05, 0) is 42.4 Å². The molecule has 1 N–H and O–H groups in total. The van der Waals surface area contributed by atoms with Crippen molar-refractivity contribution in [2.45, 2.75) is 33.7 Å². The number of halogens is 1. The lowest BCUT2D eigenvalue weighted by Crippen LogP contribution is -2.30. The highest BCUT2D eigenvalue weighted by Crippen LogP contribution is 2.15. The van der Waals surface area contributed by atoms with Crippen molar-refractivity contribution in [3.05, 3.63) is 21.0 Å². The van der Waals surface area contributed by atoms with Crippen molar-refractivity contribution in [1.29, 1.82) is 0 Å². The number of aromatic nitrogens is 2. The molecule has 19 heavy (non-hydrogen) atoms. The van der Waals surface area contributed by atoms with E-state index in [0.29, 0.717) is 11.0 Å². The second-order valence-corrected chi connectivity index (χ2v) is 5.15. The lowest BCUT2D eigenvalue weighted by molar-refractivity contribution is 0.300. The summed E-state index contributed by atoms with van der Waals surface area (Å²) in [5.41, 5.74) is 0.677. The number of aryl methyl sites for hydroxylation is 1. The van der Waals surface area contributed by atoms with Gasteiger partial charge in [-0.25, -0.2) is 4.68 Å². The van der Waals surface area contributed by atoms with Gasteiger partial charge < -0.3 is 10.2 Å². The van der Waals surface area contributed by atoms with Gasteiger partial charge >= 0.3 is 0 Å². The Morgan fingerprint density at radius 3 is 2.68 bits per heavy atom. The summed E-state index contributed by atoms with van der Waals surface area (Å²) in [5, 5.41) is 7.37. The van der Waals surface area contributed by atoms with Gasteiger partial charge in [0, 0.05) is 19.6 Å². The first-order valence-corrected chi connectivity index (χ1v) is 7.65. The zero-order valence-corrected chi connectivity index (χ0v) is 13.5. The first-order chi connectivity index (χ1) is 9.13. The van der Waals surface area contributed by atoms with E-state index in [1.807, 2.05) is 6.92 Å². The molecule has 0 atom stereocenters. The summed E-state index contributed by atoms with van der Waals surface area (Å²) < 4.78 is 1.99. The molecule has 0 unspecified atom stereocenters. The fourth-order valence-electron chi connectivity index (χ4n) is 1.91. The molecule has 0 fully saturated rings. The van der Waals surface area contributed by atoms with E-state index in [-0.39, 0.29) is 5.56 Å². The zero-order chi connectivity index (χ0) is 14.3. The summed E-state index contributed by atoms with van der Waals surface area (Å²) in [6.45, 7) is 10.8. The van der Waals surface area contributed by atoms with Crippen molar-refractivity contribution >= 4 is 21.6 Å². The highest BCUT2D eigenvalue weighted by atomic mass is 79.9. The lowest BCUT2D eigenvalue weighted by atomic mass is 10.4. The third-order valence-corrected chi connectivity index (χ3v) is 3.78. The summed E-state index contributed by atoms with van der Waals surface area (Å²) in [4.78, 5) is 14.3. The van der Waals surface area contributed by atoms with Crippen LogP contribution >= 0.6 is 15.9 Å². The lowest BCUT2D eigenvalue weighted by Gasteiger charge is -2.20. The predicted molar refractivity (Wildman–Crippen MR) is 82.8 cm³/mol. The molecular formula is C13H23BrN4O. The van der Waals surface area contributed by atoms with Crippen LogP contribution in [-0.2, 0) is 6.54 Å². The number of hydrogen-bond acceptors (Lipinski definition) is 4. The van der Waals surface area contributed by atoms with E-state index in [4.69, 9.17) is 0 Å². The van der Waals surface area contributed by atoms with E-state index in [1.54, 1.807) is 6.20 Å². The third-order valence-electron chi connectivity index (χ3n) is 3.01. The van der Waals surface area contributed by atoms with Gasteiger partial charge in [0.1, 0.15) is 4.47 Å². The smallest absolute Gasteiger partial charge is 0.283 e. The molecule has 0 saturated heterocycles. The van der Waals surface area contributed by atoms with Gasteiger partial charge in [-0.15, -0.1) is 0 Å². The second kappa shape index (κ2) is 8.32. The summed E-state index contributed by atoms with van der Waals surface area (Å²) >= 11 is 3.34. The molecule has 0 spiro atoms. The maximum Gasteiger partial charge on any atom is 0.283 e. The fourth-order valence-corrected chi connectivity index (χ4v) is 2.35. The van der Waals surface area contributed by atoms with Crippen molar-refractivity contribution < 1.29 is 0 Å². The molecule has 0 aromatic carbocycles. The van der Waals surface area contributed by atoms with E-state index in [1.165, 1.54) is 4.68 Å². The molecule has 0 aliphatic heterocycles. The molecule has 0 amide bonds. The van der Waals surface area contributed by atoms with Crippen LogP contribution in [0.1, 0.15) is 27.2 Å². The van der Waals surface area contributed by atoms with Crippen molar-refractivity contribution in [1.82, 2.24) is 14.7 Å². The van der Waals surface area contributed by atoms with E-state index in [2.05, 4.69) is 45.1 Å². The average molecular weight is 331 g/mol. The largest absolute Gasteiger partial charge is 0.381 e. The Kier molecular flexibility index (Phi) is 7.09. The molecule has 1 aromatic heterocycles. The summed E-state index contributed by atoms with van der Waals surface area (Å²) in [5.74, 6) is 0. The maximum atomic E-state index is 11.9. The Morgan fingerprint density at radius 2 is 2.11 bits per heavy atom. The van der Waals surface area contributed by atoms with Gasteiger partial charge in [0.15, 0.2) is 0 Å². The minimum absolute atomic E-state index is 0.0894. The first-order valence-electron chi connectivity index (χ1n) is 6.85. The number of anilines is 1. The molecule has 6 heteroatoms. The van der Waals surface area contributed by atoms with Crippen molar-refractivity contribution in [2.24, 2.45) is 0 Å². The van der Waals surface area contributed by atoms with Crippen LogP contribution in [-0.4, -0.2) is 40.9 Å². The predicted octanol–water partition coefficient (Wildman–Crippen LogP) is 2.17. The Hall–Kier alpha value is -0.880. The standard InChI is InChI=1S/C13H23BrN4O/c1-4-8-17(5-2)9-7-15-11-10-16-18(6-3)13(19)12(11)14/h10,15H,4-9H2,1-3H3. The summed E-state index contributed by atoms with van der Waals surface area (Å²) in [6, 6.07) is 0. The average Bonchev–Trinajstić information content (AvgIpc) is 2.42. The molecule has 1 heterocycles. The zero-order valence-electron chi connectivity index (χ0n) is 11.9. The number of rotatable bonds is 8. The van der Waals surface area contributed by atoms with Crippen LogP contribution in [0.25, 0.3) is 0 Å². The van der Waals surface area contributed by atoms with Crippen LogP contribution in [0.5, 0.6) is 0 Å². The van der Waals surface area contributed by atoms with Crippen molar-refractivity contribution in [2.75, 3.05) is 31.5 Å². The molecule has 108 valence electrons. The molecule has 0 aliphatic rings. The van der Waals surface area contributed by atoms with Crippen LogP contribution < -0.4 is 10.9 Å². The van der Waals surface area contributed by atoms with Crippen LogP contribution in [0.3, 0.4) is 0 Å². The van der Waals surface area contributed by atoms with Gasteiger partial charge in [0.2, 0.25) is 0 Å². The van der Waals surface area contributed by atoms with Gasteiger partial charge in [0.25, 0.3) is 5.56 Å². The Bertz CT molecular complexity index is 447. The van der Waals surface area contributed by atoms with Crippen LogP contribution in [0, 0.1) is 0 Å². The molecule has 0 aliphatic carbocycles. The minimum Gasteiger partial charge on any atom is -0.381 e. The van der Waals surface area contributed by atoms with Gasteiger partial charge in [-0.3, -0.25) is 4.79 Å². The number of hydrogen-bond donors (Lipinski definition) is 1. The van der Waals surface area contributed by atoms with E-state index >= 15 is 0 Å². The normalized spacial score (nSPS) is 11.0.